The molecule has 3 heteroatoms. The van der Waals surface area contributed by atoms with E-state index in [2.05, 4.69) is 6.07 Å². The summed E-state index contributed by atoms with van der Waals surface area (Å²) < 4.78 is 5.38. The monoisotopic (exact) mass is 223 g/mol. The maximum absolute atomic E-state index is 8.96. The summed E-state index contributed by atoms with van der Waals surface area (Å²) in [6.45, 7) is 5.74. The topological polar surface area (TPSA) is 36.9 Å². The summed E-state index contributed by atoms with van der Waals surface area (Å²) >= 11 is 6.17. The molecular formula is C12H14ClNO. The number of hydrogen-bond donors (Lipinski definition) is 0. The number of hydrogen-bond acceptors (Lipinski definition) is 2. The van der Waals surface area contributed by atoms with Crippen molar-refractivity contribution >= 4 is 16.6 Å². The molecule has 1 heterocycles. The molecule has 0 N–H and O–H groups in total. The number of nitrogens with zero attached hydrogens (tertiary/aromatic N) is 1. The van der Waals surface area contributed by atoms with Crippen LogP contribution in [0.3, 0.4) is 0 Å². The third kappa shape index (κ3) is 2.64. The van der Waals surface area contributed by atoms with Gasteiger partial charge >= 0.3 is 0 Å². The normalized spacial score (nSPS) is 12.2. The molecule has 0 bridgehead atoms. The summed E-state index contributed by atoms with van der Waals surface area (Å²) in [4.78, 5) is 0. The van der Waals surface area contributed by atoms with E-state index in [1.54, 1.807) is 0 Å². The number of aryl methyl sites for hydroxylation is 2. The van der Waals surface area contributed by atoms with Gasteiger partial charge in [-0.2, -0.15) is 5.26 Å². The van der Waals surface area contributed by atoms with Gasteiger partial charge in [-0.25, -0.2) is 0 Å². The molecule has 0 aromatic carbocycles. The summed E-state index contributed by atoms with van der Waals surface area (Å²) in [5, 5.41) is 9.49. The van der Waals surface area contributed by atoms with Crippen molar-refractivity contribution in [3.63, 3.8) is 0 Å². The molecule has 0 aliphatic rings. The predicted molar refractivity (Wildman–Crippen MR) is 61.5 cm³/mol. The summed E-state index contributed by atoms with van der Waals surface area (Å²) in [7, 11) is 0. The molecule has 0 unspecified atom stereocenters. The number of furan rings is 1. The van der Waals surface area contributed by atoms with Gasteiger partial charge in [0, 0.05) is 11.1 Å². The highest BCUT2D eigenvalue weighted by Gasteiger charge is 2.12. The van der Waals surface area contributed by atoms with E-state index in [0.717, 1.165) is 23.5 Å². The molecular weight excluding hydrogens is 210 g/mol. The lowest BCUT2D eigenvalue weighted by atomic mass is 10.1. The van der Waals surface area contributed by atoms with Crippen LogP contribution in [-0.4, -0.2) is 0 Å². The summed E-state index contributed by atoms with van der Waals surface area (Å²) in [5.41, 5.74) is 1.46. The summed E-state index contributed by atoms with van der Waals surface area (Å²) in [6.07, 6.45) is 1.62. The smallest absolute Gasteiger partial charge is 0.109 e. The van der Waals surface area contributed by atoms with Crippen molar-refractivity contribution < 1.29 is 4.42 Å². The molecule has 80 valence electrons. The lowest BCUT2D eigenvalue weighted by Gasteiger charge is -2.00. The molecule has 0 spiro atoms. The van der Waals surface area contributed by atoms with Gasteiger partial charge in [-0.05, 0) is 26.3 Å². The van der Waals surface area contributed by atoms with E-state index in [9.17, 15) is 0 Å². The van der Waals surface area contributed by atoms with Crippen molar-refractivity contribution in [2.24, 2.45) is 0 Å². The standard InChI is InChI=1S/C12H14ClNO/c1-4-5-10(7-14)12(13)11-6-8(2)15-9(11)3/h6H,4-5H2,1-3H3. The molecule has 0 radical (unpaired) electrons. The Morgan fingerprint density at radius 1 is 1.53 bits per heavy atom. The third-order valence-electron chi connectivity index (χ3n) is 2.18. The van der Waals surface area contributed by atoms with Gasteiger partial charge in [0.05, 0.1) is 11.1 Å². The minimum Gasteiger partial charge on any atom is -0.466 e. The quantitative estimate of drug-likeness (QED) is 0.722. The maximum Gasteiger partial charge on any atom is 0.109 e. The van der Waals surface area contributed by atoms with E-state index in [-0.39, 0.29) is 0 Å². The van der Waals surface area contributed by atoms with Gasteiger partial charge < -0.3 is 4.42 Å². The van der Waals surface area contributed by atoms with E-state index in [1.807, 2.05) is 26.8 Å². The minimum atomic E-state index is 0.522. The van der Waals surface area contributed by atoms with Gasteiger partial charge in [0.15, 0.2) is 0 Å². The van der Waals surface area contributed by atoms with Crippen LogP contribution in [0.15, 0.2) is 16.1 Å². The number of nitriles is 1. The second-order valence-electron chi connectivity index (χ2n) is 3.48. The van der Waals surface area contributed by atoms with Crippen LogP contribution in [0.1, 0.15) is 36.8 Å². The summed E-state index contributed by atoms with van der Waals surface area (Å²) in [5.74, 6) is 1.58. The molecule has 0 amide bonds. The number of rotatable bonds is 3. The SMILES string of the molecule is CCCC(C#N)=C(Cl)c1cc(C)oc1C. The zero-order valence-corrected chi connectivity index (χ0v) is 9.98. The average molecular weight is 224 g/mol. The second kappa shape index (κ2) is 5.04. The second-order valence-corrected chi connectivity index (χ2v) is 3.86. The highest BCUT2D eigenvalue weighted by molar-refractivity contribution is 6.49. The van der Waals surface area contributed by atoms with Gasteiger partial charge in [0.2, 0.25) is 0 Å². The molecule has 0 aliphatic heterocycles. The van der Waals surface area contributed by atoms with Crippen molar-refractivity contribution in [1.82, 2.24) is 0 Å². The van der Waals surface area contributed by atoms with Gasteiger partial charge in [0.1, 0.15) is 11.5 Å². The van der Waals surface area contributed by atoms with Gasteiger partial charge in [-0.1, -0.05) is 24.9 Å². The van der Waals surface area contributed by atoms with Gasteiger partial charge in [-0.3, -0.25) is 0 Å². The Morgan fingerprint density at radius 2 is 2.20 bits per heavy atom. The van der Waals surface area contributed by atoms with Crippen LogP contribution in [0.5, 0.6) is 0 Å². The fourth-order valence-electron chi connectivity index (χ4n) is 1.48. The Morgan fingerprint density at radius 3 is 2.60 bits per heavy atom. The van der Waals surface area contributed by atoms with Gasteiger partial charge in [0.25, 0.3) is 0 Å². The van der Waals surface area contributed by atoms with Crippen LogP contribution in [0.4, 0.5) is 0 Å². The lowest BCUT2D eigenvalue weighted by Crippen LogP contribution is -1.85. The fourth-order valence-corrected chi connectivity index (χ4v) is 1.80. The summed E-state index contributed by atoms with van der Waals surface area (Å²) in [6, 6.07) is 4.01. The predicted octanol–water partition coefficient (Wildman–Crippen LogP) is 4.17. The first-order valence-electron chi connectivity index (χ1n) is 4.96. The fraction of sp³-hybridized carbons (Fsp3) is 0.417. The first-order valence-corrected chi connectivity index (χ1v) is 5.34. The molecule has 0 saturated heterocycles. The van der Waals surface area contributed by atoms with E-state index in [0.29, 0.717) is 17.0 Å². The van der Waals surface area contributed by atoms with Crippen molar-refractivity contribution in [1.29, 1.82) is 5.26 Å². The largest absolute Gasteiger partial charge is 0.466 e. The molecule has 0 saturated carbocycles. The Labute approximate surface area is 95.2 Å². The Balaban J connectivity index is 3.17. The van der Waals surface area contributed by atoms with Crippen molar-refractivity contribution in [3.05, 3.63) is 28.7 Å². The molecule has 0 fully saturated rings. The highest BCUT2D eigenvalue weighted by Crippen LogP contribution is 2.29. The van der Waals surface area contributed by atoms with Crippen molar-refractivity contribution in [3.8, 4) is 6.07 Å². The number of halogens is 1. The first kappa shape index (κ1) is 11.9. The minimum absolute atomic E-state index is 0.522. The first-order chi connectivity index (χ1) is 7.10. The molecule has 1 rings (SSSR count). The maximum atomic E-state index is 8.96. The average Bonchev–Trinajstić information content (AvgIpc) is 2.53. The zero-order valence-electron chi connectivity index (χ0n) is 9.22. The molecule has 0 aliphatic carbocycles. The van der Waals surface area contributed by atoms with Gasteiger partial charge in [-0.15, -0.1) is 0 Å². The molecule has 1 aromatic rings. The van der Waals surface area contributed by atoms with E-state index < -0.39 is 0 Å². The van der Waals surface area contributed by atoms with E-state index in [1.165, 1.54) is 0 Å². The Bertz CT molecular complexity index is 423. The van der Waals surface area contributed by atoms with Crippen molar-refractivity contribution in [2.45, 2.75) is 33.6 Å². The van der Waals surface area contributed by atoms with E-state index >= 15 is 0 Å². The van der Waals surface area contributed by atoms with Crippen molar-refractivity contribution in [2.75, 3.05) is 0 Å². The zero-order chi connectivity index (χ0) is 11.4. The molecule has 15 heavy (non-hydrogen) atoms. The van der Waals surface area contributed by atoms with Crippen LogP contribution in [0.25, 0.3) is 5.03 Å². The Hall–Kier alpha value is -1.20. The van der Waals surface area contributed by atoms with Crippen LogP contribution in [-0.2, 0) is 0 Å². The lowest BCUT2D eigenvalue weighted by molar-refractivity contribution is 0.504. The van der Waals surface area contributed by atoms with E-state index in [4.69, 9.17) is 21.3 Å². The molecule has 1 aromatic heterocycles. The molecule has 0 atom stereocenters. The Kier molecular flexibility index (Phi) is 3.99. The van der Waals surface area contributed by atoms with Crippen LogP contribution < -0.4 is 0 Å². The molecule has 2 nitrogen and oxygen atoms in total. The third-order valence-corrected chi connectivity index (χ3v) is 2.61. The highest BCUT2D eigenvalue weighted by atomic mass is 35.5. The van der Waals surface area contributed by atoms with Crippen LogP contribution in [0, 0.1) is 25.2 Å². The van der Waals surface area contributed by atoms with Crippen LogP contribution >= 0.6 is 11.6 Å². The number of allylic oxidation sites excluding steroid dienone is 1. The van der Waals surface area contributed by atoms with Crippen LogP contribution in [0.2, 0.25) is 0 Å².